The number of carbonyl (C=O) groups excluding carboxylic acids is 2. The summed E-state index contributed by atoms with van der Waals surface area (Å²) >= 11 is 0. The normalized spacial score (nSPS) is 16.8. The van der Waals surface area contributed by atoms with Gasteiger partial charge in [0.15, 0.2) is 9.84 Å². The third-order valence-electron chi connectivity index (χ3n) is 5.83. The van der Waals surface area contributed by atoms with Gasteiger partial charge in [0.2, 0.25) is 11.8 Å². The highest BCUT2D eigenvalue weighted by Gasteiger charge is 2.36. The molecule has 9 nitrogen and oxygen atoms in total. The van der Waals surface area contributed by atoms with Gasteiger partial charge >= 0.3 is 0 Å². The van der Waals surface area contributed by atoms with E-state index < -0.39 is 15.9 Å². The molecule has 1 saturated heterocycles. The van der Waals surface area contributed by atoms with Crippen molar-refractivity contribution in [2.45, 2.75) is 24.8 Å². The number of hydrogen-bond acceptors (Lipinski definition) is 6. The molecule has 0 spiro atoms. The standard InChI is InChI=1S/C24H27N5O4S/c1-16-22(17(2)29(27-16)19-9-5-4-6-10-19)23-24(31)25-12-13-28(23)15-21(30)26-18-8-7-11-20(14-18)34(3,32)33/h4-11,14,23H,12-13,15H2,1-3H3,(H,25,31)(H,26,30). The number of sulfone groups is 1. The highest BCUT2D eigenvalue weighted by atomic mass is 32.2. The zero-order valence-corrected chi connectivity index (χ0v) is 20.1. The van der Waals surface area contributed by atoms with Crippen molar-refractivity contribution in [1.29, 1.82) is 0 Å². The van der Waals surface area contributed by atoms with E-state index in [0.29, 0.717) is 18.8 Å². The number of nitrogens with one attached hydrogen (secondary N) is 2. The lowest BCUT2D eigenvalue weighted by Crippen LogP contribution is -2.52. The monoisotopic (exact) mass is 481 g/mol. The fourth-order valence-corrected chi connectivity index (χ4v) is 4.93. The first-order valence-corrected chi connectivity index (χ1v) is 12.8. The molecule has 2 amide bonds. The van der Waals surface area contributed by atoms with Crippen LogP contribution in [-0.2, 0) is 19.4 Å². The Hall–Kier alpha value is -3.50. The van der Waals surface area contributed by atoms with Crippen LogP contribution in [0.2, 0.25) is 0 Å². The molecule has 3 aromatic rings. The molecule has 2 heterocycles. The predicted molar refractivity (Wildman–Crippen MR) is 129 cm³/mol. The second-order valence-corrected chi connectivity index (χ2v) is 10.4. The van der Waals surface area contributed by atoms with E-state index in [4.69, 9.17) is 0 Å². The molecule has 1 atom stereocenters. The quantitative estimate of drug-likeness (QED) is 0.557. The van der Waals surface area contributed by atoms with E-state index in [1.807, 2.05) is 53.8 Å². The Bertz CT molecular complexity index is 1330. The lowest BCUT2D eigenvalue weighted by Gasteiger charge is -2.34. The van der Waals surface area contributed by atoms with Gasteiger partial charge in [0, 0.05) is 36.3 Å². The minimum absolute atomic E-state index is 0.0312. The van der Waals surface area contributed by atoms with Crippen LogP contribution in [0.5, 0.6) is 0 Å². The number of carbonyl (C=O) groups is 2. The average Bonchev–Trinajstić information content (AvgIpc) is 3.08. The number of para-hydroxylation sites is 1. The summed E-state index contributed by atoms with van der Waals surface area (Å²) in [7, 11) is -3.39. The van der Waals surface area contributed by atoms with Crippen molar-refractivity contribution in [2.24, 2.45) is 0 Å². The summed E-state index contributed by atoms with van der Waals surface area (Å²) in [6, 6.07) is 15.1. The van der Waals surface area contributed by atoms with E-state index in [1.165, 1.54) is 12.1 Å². The molecule has 1 aliphatic heterocycles. The van der Waals surface area contributed by atoms with Gasteiger partial charge in [0.25, 0.3) is 0 Å². The summed E-state index contributed by atoms with van der Waals surface area (Å²) in [5.41, 5.74) is 3.59. The molecule has 4 rings (SSSR count). The van der Waals surface area contributed by atoms with Gasteiger partial charge in [0.1, 0.15) is 6.04 Å². The van der Waals surface area contributed by atoms with Crippen LogP contribution < -0.4 is 10.6 Å². The Balaban J connectivity index is 1.59. The van der Waals surface area contributed by atoms with Gasteiger partial charge in [-0.25, -0.2) is 13.1 Å². The summed E-state index contributed by atoms with van der Waals surface area (Å²) in [5, 5.41) is 10.3. The predicted octanol–water partition coefficient (Wildman–Crippen LogP) is 2.00. The van der Waals surface area contributed by atoms with Gasteiger partial charge < -0.3 is 10.6 Å². The summed E-state index contributed by atoms with van der Waals surface area (Å²) in [6.45, 7) is 4.66. The molecule has 1 unspecified atom stereocenters. The first-order chi connectivity index (χ1) is 16.1. The highest BCUT2D eigenvalue weighted by molar-refractivity contribution is 7.90. The van der Waals surface area contributed by atoms with E-state index >= 15 is 0 Å². The van der Waals surface area contributed by atoms with E-state index in [9.17, 15) is 18.0 Å². The minimum atomic E-state index is -3.39. The molecule has 1 aromatic heterocycles. The molecule has 178 valence electrons. The van der Waals surface area contributed by atoms with Crippen LogP contribution in [0.3, 0.4) is 0 Å². The van der Waals surface area contributed by atoms with Crippen molar-refractivity contribution in [3.8, 4) is 5.69 Å². The molecule has 0 aliphatic carbocycles. The summed E-state index contributed by atoms with van der Waals surface area (Å²) < 4.78 is 25.4. The highest BCUT2D eigenvalue weighted by Crippen LogP contribution is 2.30. The van der Waals surface area contributed by atoms with Crippen LogP contribution in [0.4, 0.5) is 5.69 Å². The zero-order valence-electron chi connectivity index (χ0n) is 19.3. The number of aromatic nitrogens is 2. The minimum Gasteiger partial charge on any atom is -0.353 e. The Labute approximate surface area is 198 Å². The maximum atomic E-state index is 13.0. The number of nitrogens with zero attached hydrogens (tertiary/aromatic N) is 3. The Morgan fingerprint density at radius 2 is 1.88 bits per heavy atom. The molecule has 0 saturated carbocycles. The molecular weight excluding hydrogens is 454 g/mol. The molecule has 34 heavy (non-hydrogen) atoms. The molecule has 2 N–H and O–H groups in total. The van der Waals surface area contributed by atoms with Crippen molar-refractivity contribution >= 4 is 27.3 Å². The maximum Gasteiger partial charge on any atom is 0.242 e. The number of rotatable bonds is 6. The Kier molecular flexibility index (Phi) is 6.54. The number of aryl methyl sites for hydroxylation is 1. The van der Waals surface area contributed by atoms with E-state index in [2.05, 4.69) is 15.7 Å². The summed E-state index contributed by atoms with van der Waals surface area (Å²) in [4.78, 5) is 27.8. The molecular formula is C24H27N5O4S. The SMILES string of the molecule is Cc1nn(-c2ccccc2)c(C)c1C1C(=O)NCCN1CC(=O)Nc1cccc(S(C)(=O)=O)c1. The molecule has 1 fully saturated rings. The second kappa shape index (κ2) is 9.40. The fraction of sp³-hybridized carbons (Fsp3) is 0.292. The van der Waals surface area contributed by atoms with Gasteiger partial charge in [0.05, 0.1) is 22.8 Å². The number of benzene rings is 2. The van der Waals surface area contributed by atoms with Crippen molar-refractivity contribution in [3.63, 3.8) is 0 Å². The molecule has 0 bridgehead atoms. The topological polar surface area (TPSA) is 113 Å². The summed E-state index contributed by atoms with van der Waals surface area (Å²) in [6.07, 6.45) is 1.12. The van der Waals surface area contributed by atoms with Crippen LogP contribution >= 0.6 is 0 Å². The number of hydrogen-bond donors (Lipinski definition) is 2. The van der Waals surface area contributed by atoms with Gasteiger partial charge in [-0.3, -0.25) is 14.5 Å². The molecule has 1 aliphatic rings. The lowest BCUT2D eigenvalue weighted by atomic mass is 10.00. The third kappa shape index (κ3) is 4.87. The fourth-order valence-electron chi connectivity index (χ4n) is 4.26. The van der Waals surface area contributed by atoms with Gasteiger partial charge in [-0.1, -0.05) is 24.3 Å². The van der Waals surface area contributed by atoms with Crippen molar-refractivity contribution in [2.75, 3.05) is 31.2 Å². The van der Waals surface area contributed by atoms with Crippen molar-refractivity contribution < 1.29 is 18.0 Å². The first kappa shape index (κ1) is 23.7. The van der Waals surface area contributed by atoms with Crippen LogP contribution in [-0.4, -0.2) is 60.8 Å². The third-order valence-corrected chi connectivity index (χ3v) is 6.94. The first-order valence-electron chi connectivity index (χ1n) is 10.9. The molecule has 2 aromatic carbocycles. The van der Waals surface area contributed by atoms with Gasteiger partial charge in [-0.15, -0.1) is 0 Å². The van der Waals surface area contributed by atoms with Gasteiger partial charge in [-0.05, 0) is 44.2 Å². The molecule has 10 heteroatoms. The Morgan fingerprint density at radius 3 is 2.59 bits per heavy atom. The molecule has 0 radical (unpaired) electrons. The largest absolute Gasteiger partial charge is 0.353 e. The van der Waals surface area contributed by atoms with Crippen molar-refractivity contribution in [1.82, 2.24) is 20.0 Å². The number of anilines is 1. The number of piperazine rings is 1. The average molecular weight is 482 g/mol. The smallest absolute Gasteiger partial charge is 0.242 e. The van der Waals surface area contributed by atoms with Crippen LogP contribution in [0.25, 0.3) is 5.69 Å². The second-order valence-electron chi connectivity index (χ2n) is 8.34. The van der Waals surface area contributed by atoms with Crippen LogP contribution in [0.15, 0.2) is 59.5 Å². The maximum absolute atomic E-state index is 13.0. The lowest BCUT2D eigenvalue weighted by molar-refractivity contribution is -0.130. The van der Waals surface area contributed by atoms with Gasteiger partial charge in [-0.2, -0.15) is 5.10 Å². The van der Waals surface area contributed by atoms with E-state index in [1.54, 1.807) is 12.1 Å². The van der Waals surface area contributed by atoms with Crippen molar-refractivity contribution in [3.05, 3.63) is 71.5 Å². The van der Waals surface area contributed by atoms with E-state index in [-0.39, 0.29) is 23.3 Å². The van der Waals surface area contributed by atoms with E-state index in [0.717, 1.165) is 28.9 Å². The van der Waals surface area contributed by atoms with Crippen LogP contribution in [0.1, 0.15) is 23.0 Å². The van der Waals surface area contributed by atoms with Crippen LogP contribution in [0, 0.1) is 13.8 Å². The zero-order chi connectivity index (χ0) is 24.5. The number of amides is 2. The Morgan fingerprint density at radius 1 is 1.15 bits per heavy atom. The summed E-state index contributed by atoms with van der Waals surface area (Å²) in [5.74, 6) is -0.520.